The molecule has 0 aromatic carbocycles. The van der Waals surface area contributed by atoms with Crippen molar-refractivity contribution in [3.8, 4) is 0 Å². The zero-order valence-corrected chi connectivity index (χ0v) is 7.22. The molecule has 0 saturated heterocycles. The van der Waals surface area contributed by atoms with Crippen LogP contribution in [-0.2, 0) is 0 Å². The third-order valence-corrected chi connectivity index (χ3v) is 1.44. The van der Waals surface area contributed by atoms with Gasteiger partial charge in [0.05, 0.1) is 6.04 Å². The first-order valence-electron chi connectivity index (χ1n) is 3.27. The molecule has 0 aliphatic rings. The van der Waals surface area contributed by atoms with Gasteiger partial charge in [0.25, 0.3) is 0 Å². The van der Waals surface area contributed by atoms with Crippen molar-refractivity contribution in [3.05, 3.63) is 23.9 Å². The van der Waals surface area contributed by atoms with E-state index >= 15 is 0 Å². The van der Waals surface area contributed by atoms with Gasteiger partial charge < -0.3 is 11.5 Å². The van der Waals surface area contributed by atoms with Gasteiger partial charge in [0.2, 0.25) is 0 Å². The molecule has 3 nitrogen and oxygen atoms in total. The number of nitrogens with zero attached hydrogens (tertiary/aromatic N) is 1. The number of nitrogen functional groups attached to an aromatic ring is 1. The second-order valence-electron chi connectivity index (χ2n) is 2.24. The fourth-order valence-corrected chi connectivity index (χ4v) is 0.827. The maximum Gasteiger partial charge on any atom is 0.128 e. The van der Waals surface area contributed by atoms with Gasteiger partial charge in [-0.3, -0.25) is 0 Å². The van der Waals surface area contributed by atoms with Crippen molar-refractivity contribution in [2.24, 2.45) is 5.73 Å². The lowest BCUT2D eigenvalue weighted by Crippen LogP contribution is -2.14. The summed E-state index contributed by atoms with van der Waals surface area (Å²) in [7, 11) is 0. The highest BCUT2D eigenvalue weighted by Crippen LogP contribution is 2.15. The first-order valence-corrected chi connectivity index (χ1v) is 3.27. The number of halogens is 2. The summed E-state index contributed by atoms with van der Waals surface area (Å²) in [6, 6.07) is 2.71. The molecule has 1 rings (SSSR count). The van der Waals surface area contributed by atoms with E-state index in [-0.39, 0.29) is 12.4 Å². The summed E-state index contributed by atoms with van der Waals surface area (Å²) in [5.74, 6) is 0.303. The number of aromatic nitrogens is 1. The molecule has 0 saturated carbocycles. The Balaban J connectivity index is 0.00000121. The highest BCUT2D eigenvalue weighted by atomic mass is 35.5. The third-order valence-electron chi connectivity index (χ3n) is 1.44. The van der Waals surface area contributed by atoms with Gasteiger partial charge in [0.1, 0.15) is 12.5 Å². The highest BCUT2D eigenvalue weighted by Gasteiger charge is 2.08. The Morgan fingerprint density at radius 3 is 2.75 bits per heavy atom. The minimum atomic E-state index is -0.649. The van der Waals surface area contributed by atoms with Crippen LogP contribution in [0.3, 0.4) is 0 Å². The van der Waals surface area contributed by atoms with Crippen LogP contribution in [0.15, 0.2) is 18.3 Å². The molecule has 0 spiro atoms. The number of nitrogens with two attached hydrogens (primary N) is 2. The molecule has 0 fully saturated rings. The molecule has 12 heavy (non-hydrogen) atoms. The third kappa shape index (κ3) is 2.32. The molecule has 1 heterocycles. The number of pyridine rings is 1. The molecule has 1 aromatic rings. The van der Waals surface area contributed by atoms with Gasteiger partial charge >= 0.3 is 0 Å². The molecule has 4 N–H and O–H groups in total. The van der Waals surface area contributed by atoms with Crippen LogP contribution in [0.1, 0.15) is 11.6 Å². The van der Waals surface area contributed by atoms with E-state index < -0.39 is 12.7 Å². The SMILES string of the molecule is Cl.Nc1ncccc1[C@@H](N)CF. The molecule has 0 unspecified atom stereocenters. The van der Waals surface area contributed by atoms with E-state index in [1.54, 1.807) is 18.3 Å². The number of anilines is 1. The quantitative estimate of drug-likeness (QED) is 0.735. The van der Waals surface area contributed by atoms with Crippen LogP contribution in [0.4, 0.5) is 10.2 Å². The topological polar surface area (TPSA) is 64.9 Å². The first kappa shape index (κ1) is 11.1. The van der Waals surface area contributed by atoms with Crippen LogP contribution >= 0.6 is 12.4 Å². The molecule has 0 radical (unpaired) electrons. The zero-order chi connectivity index (χ0) is 8.27. The van der Waals surface area contributed by atoms with Crippen LogP contribution in [0.25, 0.3) is 0 Å². The van der Waals surface area contributed by atoms with Crippen LogP contribution in [-0.4, -0.2) is 11.7 Å². The van der Waals surface area contributed by atoms with E-state index in [0.717, 1.165) is 0 Å². The Hall–Kier alpha value is -0.870. The second-order valence-corrected chi connectivity index (χ2v) is 2.24. The predicted octanol–water partition coefficient (Wildman–Crippen LogP) is 1.05. The zero-order valence-electron chi connectivity index (χ0n) is 6.40. The number of rotatable bonds is 2. The van der Waals surface area contributed by atoms with E-state index in [1.807, 2.05) is 0 Å². The molecule has 0 amide bonds. The lowest BCUT2D eigenvalue weighted by Gasteiger charge is -2.08. The fourth-order valence-electron chi connectivity index (χ4n) is 0.827. The fraction of sp³-hybridized carbons (Fsp3) is 0.286. The summed E-state index contributed by atoms with van der Waals surface area (Å²) in [4.78, 5) is 3.78. The van der Waals surface area contributed by atoms with Crippen molar-refractivity contribution >= 4 is 18.2 Å². The van der Waals surface area contributed by atoms with Gasteiger partial charge in [-0.2, -0.15) is 0 Å². The van der Waals surface area contributed by atoms with Crippen LogP contribution in [0.5, 0.6) is 0 Å². The highest BCUT2D eigenvalue weighted by molar-refractivity contribution is 5.85. The van der Waals surface area contributed by atoms with E-state index in [9.17, 15) is 4.39 Å². The summed E-state index contributed by atoms with van der Waals surface area (Å²) < 4.78 is 12.0. The minimum absolute atomic E-state index is 0. The summed E-state index contributed by atoms with van der Waals surface area (Å²) in [6.07, 6.45) is 1.55. The number of hydrogen-bond acceptors (Lipinski definition) is 3. The van der Waals surface area contributed by atoms with E-state index in [2.05, 4.69) is 4.98 Å². The van der Waals surface area contributed by atoms with Crippen molar-refractivity contribution in [1.82, 2.24) is 4.98 Å². The molecule has 5 heteroatoms. The van der Waals surface area contributed by atoms with E-state index in [1.165, 1.54) is 0 Å². The molecule has 1 aromatic heterocycles. The Morgan fingerprint density at radius 2 is 2.25 bits per heavy atom. The lowest BCUT2D eigenvalue weighted by atomic mass is 10.1. The number of alkyl halides is 1. The molecule has 1 atom stereocenters. The van der Waals surface area contributed by atoms with Gasteiger partial charge in [-0.15, -0.1) is 12.4 Å². The molecule has 0 aliphatic carbocycles. The van der Waals surface area contributed by atoms with Gasteiger partial charge in [0.15, 0.2) is 0 Å². The van der Waals surface area contributed by atoms with Crippen molar-refractivity contribution in [2.45, 2.75) is 6.04 Å². The lowest BCUT2D eigenvalue weighted by molar-refractivity contribution is 0.437. The standard InChI is InChI=1S/C7H10FN3.ClH/c8-4-6(9)5-2-1-3-11-7(5)10;/h1-3,6H,4,9H2,(H2,10,11);1H/t6-;/m0./s1. The average molecular weight is 192 g/mol. The predicted molar refractivity (Wildman–Crippen MR) is 48.8 cm³/mol. The molecular formula is C7H11ClFN3. The normalized spacial score (nSPS) is 11.8. The summed E-state index contributed by atoms with van der Waals surface area (Å²) in [6.45, 7) is -0.615. The van der Waals surface area contributed by atoms with Gasteiger partial charge in [0, 0.05) is 11.8 Å². The van der Waals surface area contributed by atoms with Gasteiger partial charge in [-0.25, -0.2) is 9.37 Å². The number of hydrogen-bond donors (Lipinski definition) is 2. The maximum atomic E-state index is 12.0. The van der Waals surface area contributed by atoms with Gasteiger partial charge in [-0.1, -0.05) is 6.07 Å². The Bertz CT molecular complexity index is 244. The Labute approximate surface area is 76.4 Å². The largest absolute Gasteiger partial charge is 0.383 e. The van der Waals surface area contributed by atoms with Gasteiger partial charge in [-0.05, 0) is 6.07 Å². The monoisotopic (exact) mass is 191 g/mol. The van der Waals surface area contributed by atoms with Crippen molar-refractivity contribution < 1.29 is 4.39 Å². The van der Waals surface area contributed by atoms with Crippen molar-refractivity contribution in [2.75, 3.05) is 12.4 Å². The molecule has 68 valence electrons. The minimum Gasteiger partial charge on any atom is -0.383 e. The average Bonchev–Trinajstić information content (AvgIpc) is 2.04. The van der Waals surface area contributed by atoms with E-state index in [4.69, 9.17) is 11.5 Å². The Morgan fingerprint density at radius 1 is 1.58 bits per heavy atom. The van der Waals surface area contributed by atoms with Crippen LogP contribution < -0.4 is 11.5 Å². The summed E-state index contributed by atoms with van der Waals surface area (Å²) in [5.41, 5.74) is 11.4. The maximum absolute atomic E-state index is 12.0. The first-order chi connectivity index (χ1) is 5.25. The molecule has 0 aliphatic heterocycles. The van der Waals surface area contributed by atoms with E-state index in [0.29, 0.717) is 11.4 Å². The molecular weight excluding hydrogens is 181 g/mol. The second kappa shape index (κ2) is 4.90. The van der Waals surface area contributed by atoms with Crippen molar-refractivity contribution in [1.29, 1.82) is 0 Å². The van der Waals surface area contributed by atoms with Crippen LogP contribution in [0, 0.1) is 0 Å². The van der Waals surface area contributed by atoms with Crippen LogP contribution in [0.2, 0.25) is 0 Å². The summed E-state index contributed by atoms with van der Waals surface area (Å²) >= 11 is 0. The smallest absolute Gasteiger partial charge is 0.128 e. The van der Waals surface area contributed by atoms with Crippen molar-refractivity contribution in [3.63, 3.8) is 0 Å². The Kier molecular flexibility index (Phi) is 4.54. The summed E-state index contributed by atoms with van der Waals surface area (Å²) in [5, 5.41) is 0. The molecule has 0 bridgehead atoms.